The van der Waals surface area contributed by atoms with Gasteiger partial charge in [0.25, 0.3) is 0 Å². The maximum Gasteiger partial charge on any atom is 0.198 e. The van der Waals surface area contributed by atoms with Crippen molar-refractivity contribution >= 4 is 21.6 Å². The maximum absolute atomic E-state index is 13.5. The third-order valence-corrected chi connectivity index (χ3v) is 2.62. The Morgan fingerprint density at radius 3 is 2.17 bits per heavy atom. The van der Waals surface area contributed by atoms with E-state index in [1.54, 1.807) is 0 Å². The molecule has 0 aliphatic heterocycles. The number of halogens is 4. The van der Waals surface area contributed by atoms with Crippen LogP contribution in [-0.2, 0) is 0 Å². The molecule has 0 bridgehead atoms. The first-order valence-electron chi connectivity index (χ1n) is 4.85. The Morgan fingerprint density at radius 2 is 1.56 bits per heavy atom. The van der Waals surface area contributed by atoms with Gasteiger partial charge in [-0.15, -0.1) is 0 Å². The van der Waals surface area contributed by atoms with Gasteiger partial charge in [-0.3, -0.25) is 0 Å². The number of anilines is 1. The minimum atomic E-state index is -0.994. The standard InChI is InChI=1S/C12H7BrF3NO/c13-6-1-2-8(14)11(3-6)18-12-9(15)4-7(17)5-10(12)16/h1-5H,17H2. The molecule has 0 radical (unpaired) electrons. The predicted molar refractivity (Wildman–Crippen MR) is 64.9 cm³/mol. The first-order valence-corrected chi connectivity index (χ1v) is 5.64. The molecule has 0 heterocycles. The lowest BCUT2D eigenvalue weighted by Gasteiger charge is -2.09. The van der Waals surface area contributed by atoms with Crippen LogP contribution in [0.3, 0.4) is 0 Å². The molecule has 0 aliphatic rings. The molecule has 0 unspecified atom stereocenters. The van der Waals surface area contributed by atoms with Gasteiger partial charge in [0.2, 0.25) is 0 Å². The zero-order valence-corrected chi connectivity index (χ0v) is 10.5. The van der Waals surface area contributed by atoms with Gasteiger partial charge in [0.15, 0.2) is 29.0 Å². The van der Waals surface area contributed by atoms with Crippen molar-refractivity contribution in [3.63, 3.8) is 0 Å². The fourth-order valence-electron chi connectivity index (χ4n) is 1.34. The minimum absolute atomic E-state index is 0.0768. The number of rotatable bonds is 2. The SMILES string of the molecule is Nc1cc(F)c(Oc2cc(Br)ccc2F)c(F)c1. The van der Waals surface area contributed by atoms with Gasteiger partial charge in [0.05, 0.1) is 0 Å². The quantitative estimate of drug-likeness (QED) is 0.841. The summed E-state index contributed by atoms with van der Waals surface area (Å²) in [4.78, 5) is 0. The highest BCUT2D eigenvalue weighted by atomic mass is 79.9. The minimum Gasteiger partial charge on any atom is -0.448 e. The van der Waals surface area contributed by atoms with Crippen LogP contribution in [0.5, 0.6) is 11.5 Å². The van der Waals surface area contributed by atoms with Gasteiger partial charge in [0.1, 0.15) is 0 Å². The van der Waals surface area contributed by atoms with Crippen LogP contribution in [0.25, 0.3) is 0 Å². The van der Waals surface area contributed by atoms with Crippen molar-refractivity contribution in [3.05, 3.63) is 52.3 Å². The Hall–Kier alpha value is -1.69. The van der Waals surface area contributed by atoms with E-state index in [2.05, 4.69) is 15.9 Å². The fraction of sp³-hybridized carbons (Fsp3) is 0. The van der Waals surface area contributed by atoms with E-state index in [0.29, 0.717) is 4.47 Å². The average Bonchev–Trinajstić information content (AvgIpc) is 2.28. The first-order chi connectivity index (χ1) is 8.47. The third-order valence-electron chi connectivity index (χ3n) is 2.13. The van der Waals surface area contributed by atoms with Crippen LogP contribution < -0.4 is 10.5 Å². The third kappa shape index (κ3) is 2.59. The van der Waals surface area contributed by atoms with Gasteiger partial charge in [-0.1, -0.05) is 15.9 Å². The van der Waals surface area contributed by atoms with Gasteiger partial charge in [-0.05, 0) is 18.2 Å². The van der Waals surface area contributed by atoms with Crippen molar-refractivity contribution in [2.75, 3.05) is 5.73 Å². The summed E-state index contributed by atoms with van der Waals surface area (Å²) in [6.07, 6.45) is 0. The van der Waals surface area contributed by atoms with E-state index in [9.17, 15) is 13.2 Å². The van der Waals surface area contributed by atoms with Crippen LogP contribution in [0, 0.1) is 17.5 Å². The highest BCUT2D eigenvalue weighted by Gasteiger charge is 2.15. The van der Waals surface area contributed by atoms with Gasteiger partial charge >= 0.3 is 0 Å². The molecule has 0 spiro atoms. The topological polar surface area (TPSA) is 35.2 Å². The maximum atomic E-state index is 13.5. The van der Waals surface area contributed by atoms with Gasteiger partial charge in [-0.2, -0.15) is 0 Å². The van der Waals surface area contributed by atoms with Crippen molar-refractivity contribution in [2.24, 2.45) is 0 Å². The summed E-state index contributed by atoms with van der Waals surface area (Å²) >= 11 is 3.10. The van der Waals surface area contributed by atoms with Crippen molar-refractivity contribution in [2.45, 2.75) is 0 Å². The molecule has 2 N–H and O–H groups in total. The Labute approximate surface area is 109 Å². The van der Waals surface area contributed by atoms with E-state index in [1.807, 2.05) is 0 Å². The van der Waals surface area contributed by atoms with Crippen LogP contribution in [0.1, 0.15) is 0 Å². The molecule has 2 aromatic rings. The molecule has 2 aromatic carbocycles. The Balaban J connectivity index is 2.43. The summed E-state index contributed by atoms with van der Waals surface area (Å²) in [6.45, 7) is 0. The van der Waals surface area contributed by atoms with Crippen LogP contribution in [0.4, 0.5) is 18.9 Å². The second-order valence-corrected chi connectivity index (χ2v) is 4.41. The Bertz CT molecular complexity index is 581. The molecular formula is C12H7BrF3NO. The van der Waals surface area contributed by atoms with E-state index in [0.717, 1.165) is 18.2 Å². The Morgan fingerprint density at radius 1 is 0.944 bits per heavy atom. The fourth-order valence-corrected chi connectivity index (χ4v) is 1.68. The van der Waals surface area contributed by atoms with E-state index in [-0.39, 0.29) is 11.4 Å². The average molecular weight is 318 g/mol. The van der Waals surface area contributed by atoms with E-state index in [1.165, 1.54) is 12.1 Å². The van der Waals surface area contributed by atoms with E-state index in [4.69, 9.17) is 10.5 Å². The molecular weight excluding hydrogens is 311 g/mol. The summed E-state index contributed by atoms with van der Waals surface area (Å²) in [7, 11) is 0. The monoisotopic (exact) mass is 317 g/mol. The largest absolute Gasteiger partial charge is 0.448 e. The second kappa shape index (κ2) is 4.89. The van der Waals surface area contributed by atoms with Crippen molar-refractivity contribution in [1.82, 2.24) is 0 Å². The normalized spacial score (nSPS) is 10.4. The molecule has 94 valence electrons. The van der Waals surface area contributed by atoms with E-state index >= 15 is 0 Å². The lowest BCUT2D eigenvalue weighted by molar-refractivity contribution is 0.387. The summed E-state index contributed by atoms with van der Waals surface area (Å²) in [5.74, 6) is -3.69. The smallest absolute Gasteiger partial charge is 0.198 e. The van der Waals surface area contributed by atoms with Crippen LogP contribution in [0.2, 0.25) is 0 Å². The molecule has 0 saturated carbocycles. The second-order valence-electron chi connectivity index (χ2n) is 3.49. The van der Waals surface area contributed by atoms with Crippen molar-refractivity contribution in [1.29, 1.82) is 0 Å². The summed E-state index contributed by atoms with van der Waals surface area (Å²) in [6, 6.07) is 5.62. The number of hydrogen-bond donors (Lipinski definition) is 1. The van der Waals surface area contributed by atoms with Crippen molar-refractivity contribution in [3.8, 4) is 11.5 Å². The Kier molecular flexibility index (Phi) is 3.47. The van der Waals surface area contributed by atoms with Gasteiger partial charge in [0, 0.05) is 22.3 Å². The lowest BCUT2D eigenvalue weighted by Crippen LogP contribution is -1.97. The number of ether oxygens (including phenoxy) is 1. The van der Waals surface area contributed by atoms with Gasteiger partial charge < -0.3 is 10.5 Å². The number of nitrogens with two attached hydrogens (primary N) is 1. The predicted octanol–water partition coefficient (Wildman–Crippen LogP) is 4.24. The molecule has 0 saturated heterocycles. The molecule has 0 fully saturated rings. The molecule has 0 aliphatic carbocycles. The van der Waals surface area contributed by atoms with Crippen LogP contribution in [0.15, 0.2) is 34.8 Å². The number of hydrogen-bond acceptors (Lipinski definition) is 2. The number of nitrogen functional groups attached to an aromatic ring is 1. The highest BCUT2D eigenvalue weighted by molar-refractivity contribution is 9.10. The number of benzene rings is 2. The lowest BCUT2D eigenvalue weighted by atomic mass is 10.2. The van der Waals surface area contributed by atoms with Gasteiger partial charge in [-0.25, -0.2) is 13.2 Å². The van der Waals surface area contributed by atoms with Crippen LogP contribution in [-0.4, -0.2) is 0 Å². The molecule has 6 heteroatoms. The zero-order valence-electron chi connectivity index (χ0n) is 8.88. The zero-order chi connectivity index (χ0) is 13.3. The summed E-state index contributed by atoms with van der Waals surface area (Å²) in [5, 5.41) is 0. The molecule has 2 rings (SSSR count). The molecule has 18 heavy (non-hydrogen) atoms. The summed E-state index contributed by atoms with van der Waals surface area (Å²) < 4.78 is 45.7. The molecule has 0 aromatic heterocycles. The van der Waals surface area contributed by atoms with Crippen molar-refractivity contribution < 1.29 is 17.9 Å². The van der Waals surface area contributed by atoms with E-state index < -0.39 is 23.2 Å². The highest BCUT2D eigenvalue weighted by Crippen LogP contribution is 2.32. The molecule has 2 nitrogen and oxygen atoms in total. The van der Waals surface area contributed by atoms with Crippen LogP contribution >= 0.6 is 15.9 Å². The molecule has 0 atom stereocenters. The molecule has 0 amide bonds. The summed E-state index contributed by atoms with van der Waals surface area (Å²) in [5.41, 5.74) is 5.18. The first kappa shape index (κ1) is 12.8.